The van der Waals surface area contributed by atoms with Gasteiger partial charge < -0.3 is 9.80 Å². The number of halogens is 2. The van der Waals surface area contributed by atoms with Crippen molar-refractivity contribution >= 4 is 11.7 Å². The molecule has 0 radical (unpaired) electrons. The molecule has 1 aromatic heterocycles. The van der Waals surface area contributed by atoms with Crippen LogP contribution in [0.2, 0.25) is 0 Å². The Morgan fingerprint density at radius 1 is 1.03 bits per heavy atom. The van der Waals surface area contributed by atoms with Gasteiger partial charge in [0.1, 0.15) is 5.82 Å². The van der Waals surface area contributed by atoms with Crippen molar-refractivity contribution in [3.8, 4) is 0 Å². The molecule has 2 fully saturated rings. The van der Waals surface area contributed by atoms with Gasteiger partial charge in [-0.3, -0.25) is 9.69 Å². The number of amides is 1. The van der Waals surface area contributed by atoms with Gasteiger partial charge in [0.2, 0.25) is 5.91 Å². The number of nitrogens with zero attached hydrogens (tertiary/aromatic N) is 4. The summed E-state index contributed by atoms with van der Waals surface area (Å²) in [6.07, 6.45) is 5.31. The van der Waals surface area contributed by atoms with E-state index in [1.807, 2.05) is 23.1 Å². The molecule has 0 N–H and O–H groups in total. The SMILES string of the molecule is O=C(CC[C@H]1CCCN(Cc2cccc(F)c2F)C1)N1CCN(c2ccccn2)CC1. The summed E-state index contributed by atoms with van der Waals surface area (Å²) < 4.78 is 27.5. The van der Waals surface area contributed by atoms with Crippen LogP contribution in [-0.4, -0.2) is 60.0 Å². The van der Waals surface area contributed by atoms with Gasteiger partial charge >= 0.3 is 0 Å². The van der Waals surface area contributed by atoms with Gasteiger partial charge in [-0.05, 0) is 49.9 Å². The van der Waals surface area contributed by atoms with E-state index in [1.54, 1.807) is 18.3 Å². The lowest BCUT2D eigenvalue weighted by molar-refractivity contribution is -0.131. The molecule has 0 unspecified atom stereocenters. The Hall–Kier alpha value is -2.54. The predicted octanol–water partition coefficient (Wildman–Crippen LogP) is 3.70. The molecule has 2 saturated heterocycles. The molecule has 2 aromatic rings. The maximum atomic E-state index is 14.0. The molecule has 0 bridgehead atoms. The fourth-order valence-corrected chi connectivity index (χ4v) is 4.65. The quantitative estimate of drug-likeness (QED) is 0.704. The van der Waals surface area contributed by atoms with E-state index in [0.717, 1.165) is 70.4 Å². The normalized spacial score (nSPS) is 20.1. The Morgan fingerprint density at radius 3 is 2.65 bits per heavy atom. The molecule has 2 aliphatic rings. The van der Waals surface area contributed by atoms with E-state index in [4.69, 9.17) is 0 Å². The van der Waals surface area contributed by atoms with Gasteiger partial charge in [-0.25, -0.2) is 13.8 Å². The summed E-state index contributed by atoms with van der Waals surface area (Å²) in [6.45, 7) is 5.20. The molecule has 31 heavy (non-hydrogen) atoms. The van der Waals surface area contributed by atoms with Gasteiger partial charge in [0.15, 0.2) is 11.6 Å². The van der Waals surface area contributed by atoms with Crippen LogP contribution in [0.15, 0.2) is 42.6 Å². The van der Waals surface area contributed by atoms with Crippen LogP contribution in [0.1, 0.15) is 31.2 Å². The minimum Gasteiger partial charge on any atom is -0.353 e. The molecule has 1 amide bonds. The molecular formula is C24H30F2N4O. The van der Waals surface area contributed by atoms with Crippen molar-refractivity contribution in [2.24, 2.45) is 5.92 Å². The smallest absolute Gasteiger partial charge is 0.222 e. The first-order chi connectivity index (χ1) is 15.1. The number of piperidine rings is 1. The van der Waals surface area contributed by atoms with Crippen LogP contribution in [0.3, 0.4) is 0 Å². The van der Waals surface area contributed by atoms with Gasteiger partial charge in [0.25, 0.3) is 0 Å². The number of aromatic nitrogens is 1. The topological polar surface area (TPSA) is 39.7 Å². The number of carbonyl (C=O) groups is 1. The van der Waals surface area contributed by atoms with Crippen molar-refractivity contribution in [2.45, 2.75) is 32.2 Å². The third kappa shape index (κ3) is 5.58. The summed E-state index contributed by atoms with van der Waals surface area (Å²) in [5.41, 5.74) is 0.405. The Morgan fingerprint density at radius 2 is 1.87 bits per heavy atom. The first-order valence-corrected chi connectivity index (χ1v) is 11.2. The molecule has 7 heteroatoms. The Kier molecular flexibility index (Phi) is 7.12. The number of carbonyl (C=O) groups excluding carboxylic acids is 1. The standard InChI is InChI=1S/C24H30F2N4O/c25-21-7-3-6-20(24(21)26)18-28-12-4-5-19(17-28)9-10-23(31)30-15-13-29(14-16-30)22-8-1-2-11-27-22/h1-3,6-8,11,19H,4-5,9-10,12-18H2/t19-/m1/s1. The number of rotatable bonds is 6. The minimum atomic E-state index is -0.792. The van der Waals surface area contributed by atoms with Gasteiger partial charge in [-0.15, -0.1) is 0 Å². The van der Waals surface area contributed by atoms with Crippen molar-refractivity contribution in [1.29, 1.82) is 0 Å². The van der Waals surface area contributed by atoms with E-state index in [2.05, 4.69) is 14.8 Å². The summed E-state index contributed by atoms with van der Waals surface area (Å²) in [6, 6.07) is 10.2. The van der Waals surface area contributed by atoms with Gasteiger partial charge in [0, 0.05) is 57.4 Å². The summed E-state index contributed by atoms with van der Waals surface area (Å²) in [4.78, 5) is 23.5. The zero-order chi connectivity index (χ0) is 21.6. The number of hydrogen-bond acceptors (Lipinski definition) is 4. The monoisotopic (exact) mass is 428 g/mol. The Balaban J connectivity index is 1.22. The third-order valence-electron chi connectivity index (χ3n) is 6.40. The molecule has 166 valence electrons. The molecule has 3 heterocycles. The molecule has 4 rings (SSSR count). The van der Waals surface area contributed by atoms with Crippen LogP contribution in [0, 0.1) is 17.6 Å². The van der Waals surface area contributed by atoms with Crippen LogP contribution in [-0.2, 0) is 11.3 Å². The van der Waals surface area contributed by atoms with Crippen LogP contribution < -0.4 is 4.90 Å². The zero-order valence-electron chi connectivity index (χ0n) is 17.9. The lowest BCUT2D eigenvalue weighted by Gasteiger charge is -2.36. The first kappa shape index (κ1) is 21.7. The summed E-state index contributed by atoms with van der Waals surface area (Å²) in [5.74, 6) is 0.0640. The highest BCUT2D eigenvalue weighted by Gasteiger charge is 2.25. The lowest BCUT2D eigenvalue weighted by atomic mass is 9.92. The second kappa shape index (κ2) is 10.2. The number of pyridine rings is 1. The van der Waals surface area contributed by atoms with Crippen molar-refractivity contribution in [1.82, 2.24) is 14.8 Å². The number of hydrogen-bond donors (Lipinski definition) is 0. The summed E-state index contributed by atoms with van der Waals surface area (Å²) in [5, 5.41) is 0. The minimum absolute atomic E-state index is 0.217. The predicted molar refractivity (Wildman–Crippen MR) is 117 cm³/mol. The van der Waals surface area contributed by atoms with Crippen molar-refractivity contribution in [3.63, 3.8) is 0 Å². The second-order valence-electron chi connectivity index (χ2n) is 8.55. The van der Waals surface area contributed by atoms with E-state index in [9.17, 15) is 13.6 Å². The van der Waals surface area contributed by atoms with E-state index in [-0.39, 0.29) is 5.91 Å². The maximum absolute atomic E-state index is 14.0. The molecule has 0 saturated carbocycles. The Bertz CT molecular complexity index is 871. The fraction of sp³-hybridized carbons (Fsp3) is 0.500. The van der Waals surface area contributed by atoms with E-state index in [1.165, 1.54) is 0 Å². The van der Waals surface area contributed by atoms with Crippen LogP contribution in [0.4, 0.5) is 14.6 Å². The molecule has 0 aliphatic carbocycles. The average Bonchev–Trinajstić information content (AvgIpc) is 2.81. The molecule has 1 aromatic carbocycles. The number of piperazine rings is 1. The molecule has 1 atom stereocenters. The highest BCUT2D eigenvalue weighted by atomic mass is 19.2. The largest absolute Gasteiger partial charge is 0.353 e. The highest BCUT2D eigenvalue weighted by Crippen LogP contribution is 2.24. The van der Waals surface area contributed by atoms with Crippen LogP contribution >= 0.6 is 0 Å². The Labute approximate surface area is 182 Å². The molecule has 0 spiro atoms. The summed E-state index contributed by atoms with van der Waals surface area (Å²) >= 11 is 0. The fourth-order valence-electron chi connectivity index (χ4n) is 4.65. The number of likely N-dealkylation sites (tertiary alicyclic amines) is 1. The van der Waals surface area contributed by atoms with Gasteiger partial charge in [-0.2, -0.15) is 0 Å². The zero-order valence-corrected chi connectivity index (χ0v) is 17.9. The third-order valence-corrected chi connectivity index (χ3v) is 6.40. The molecular weight excluding hydrogens is 398 g/mol. The van der Waals surface area contributed by atoms with Crippen molar-refractivity contribution in [2.75, 3.05) is 44.2 Å². The van der Waals surface area contributed by atoms with Crippen molar-refractivity contribution < 1.29 is 13.6 Å². The van der Waals surface area contributed by atoms with E-state index in [0.29, 0.717) is 24.4 Å². The number of anilines is 1. The second-order valence-corrected chi connectivity index (χ2v) is 8.55. The molecule has 2 aliphatic heterocycles. The highest BCUT2D eigenvalue weighted by molar-refractivity contribution is 5.76. The van der Waals surface area contributed by atoms with E-state index >= 15 is 0 Å². The van der Waals surface area contributed by atoms with Crippen LogP contribution in [0.25, 0.3) is 0 Å². The van der Waals surface area contributed by atoms with Gasteiger partial charge in [0.05, 0.1) is 0 Å². The first-order valence-electron chi connectivity index (χ1n) is 11.2. The average molecular weight is 429 g/mol. The summed E-state index contributed by atoms with van der Waals surface area (Å²) in [7, 11) is 0. The lowest BCUT2D eigenvalue weighted by Crippen LogP contribution is -2.49. The number of benzene rings is 1. The van der Waals surface area contributed by atoms with Crippen LogP contribution in [0.5, 0.6) is 0 Å². The van der Waals surface area contributed by atoms with E-state index < -0.39 is 11.6 Å². The molecule has 5 nitrogen and oxygen atoms in total. The van der Waals surface area contributed by atoms with Crippen molar-refractivity contribution in [3.05, 3.63) is 59.8 Å². The van der Waals surface area contributed by atoms with Gasteiger partial charge in [-0.1, -0.05) is 18.2 Å². The maximum Gasteiger partial charge on any atom is 0.222 e.